The van der Waals surface area contributed by atoms with Crippen molar-refractivity contribution in [1.29, 1.82) is 0 Å². The van der Waals surface area contributed by atoms with E-state index in [0.29, 0.717) is 24.8 Å². The lowest BCUT2D eigenvalue weighted by Gasteiger charge is -2.21. The Morgan fingerprint density at radius 3 is 2.92 bits per heavy atom. The van der Waals surface area contributed by atoms with Gasteiger partial charge in [-0.15, -0.1) is 0 Å². The number of aliphatic carboxylic acids is 1. The first kappa shape index (κ1) is 9.00. The van der Waals surface area contributed by atoms with Gasteiger partial charge in [0.1, 0.15) is 0 Å². The molecule has 0 saturated heterocycles. The largest absolute Gasteiger partial charge is 0.478 e. The van der Waals surface area contributed by atoms with E-state index in [4.69, 9.17) is 5.11 Å². The minimum Gasteiger partial charge on any atom is -0.478 e. The molecule has 1 saturated carbocycles. The van der Waals surface area contributed by atoms with Crippen molar-refractivity contribution in [2.75, 3.05) is 0 Å². The second-order valence-corrected chi connectivity index (χ2v) is 3.01. The van der Waals surface area contributed by atoms with Gasteiger partial charge in [0.2, 0.25) is 0 Å². The fraction of sp³-hybridized carbons (Fsp3) is 0.444. The number of rotatable bonds is 1. The molecule has 3 nitrogen and oxygen atoms in total. The Hall–Kier alpha value is -1.09. The normalized spacial score (nSPS) is 27.6. The maximum Gasteiger partial charge on any atom is 0.328 e. The predicted octanol–water partition coefficient (Wildman–Crippen LogP) is 1.10. The average Bonchev–Trinajstić information content (AvgIpc) is 1.96. The summed E-state index contributed by atoms with van der Waals surface area (Å²) in [7, 11) is 0. The standard InChI is InChI=1S/C9H12O3/c1-6-2-3-8(10)4-7(6)5-9(11)12/h5,8,10H,1-4H2,(H,11,12)/b7-5-. The summed E-state index contributed by atoms with van der Waals surface area (Å²) in [5.74, 6) is -0.972. The molecular formula is C9H12O3. The van der Waals surface area contributed by atoms with Crippen LogP contribution >= 0.6 is 0 Å². The zero-order valence-electron chi connectivity index (χ0n) is 6.79. The van der Waals surface area contributed by atoms with Gasteiger partial charge < -0.3 is 10.2 Å². The van der Waals surface area contributed by atoms with Gasteiger partial charge in [-0.2, -0.15) is 0 Å². The third kappa shape index (κ3) is 2.20. The maximum absolute atomic E-state index is 10.3. The Kier molecular flexibility index (Phi) is 2.65. The molecule has 0 aromatic carbocycles. The highest BCUT2D eigenvalue weighted by molar-refractivity contribution is 5.81. The van der Waals surface area contributed by atoms with Crippen molar-refractivity contribution >= 4 is 5.97 Å². The molecular weight excluding hydrogens is 156 g/mol. The van der Waals surface area contributed by atoms with E-state index in [1.165, 1.54) is 0 Å². The first-order valence-corrected chi connectivity index (χ1v) is 3.89. The van der Waals surface area contributed by atoms with Gasteiger partial charge in [0, 0.05) is 6.08 Å². The van der Waals surface area contributed by atoms with Crippen molar-refractivity contribution in [3.8, 4) is 0 Å². The van der Waals surface area contributed by atoms with Gasteiger partial charge in [0.05, 0.1) is 6.10 Å². The van der Waals surface area contributed by atoms with Crippen molar-refractivity contribution < 1.29 is 15.0 Å². The molecule has 0 aromatic heterocycles. The lowest BCUT2D eigenvalue weighted by Crippen LogP contribution is -2.15. The van der Waals surface area contributed by atoms with Crippen LogP contribution in [0.15, 0.2) is 23.8 Å². The Balaban J connectivity index is 2.73. The van der Waals surface area contributed by atoms with E-state index >= 15 is 0 Å². The molecule has 0 aliphatic heterocycles. The molecule has 1 atom stereocenters. The van der Waals surface area contributed by atoms with Crippen LogP contribution in [0.25, 0.3) is 0 Å². The minimum atomic E-state index is -0.972. The molecule has 0 amide bonds. The summed E-state index contributed by atoms with van der Waals surface area (Å²) >= 11 is 0. The van der Waals surface area contributed by atoms with Crippen LogP contribution in [0.1, 0.15) is 19.3 Å². The highest BCUT2D eigenvalue weighted by Gasteiger charge is 2.17. The Labute approximate surface area is 71.0 Å². The number of aliphatic hydroxyl groups excluding tert-OH is 1. The monoisotopic (exact) mass is 168 g/mol. The number of hydrogen-bond donors (Lipinski definition) is 2. The fourth-order valence-corrected chi connectivity index (χ4v) is 1.31. The third-order valence-electron chi connectivity index (χ3n) is 1.99. The summed E-state index contributed by atoms with van der Waals surface area (Å²) < 4.78 is 0. The van der Waals surface area contributed by atoms with Crippen LogP contribution in [0, 0.1) is 0 Å². The zero-order chi connectivity index (χ0) is 9.14. The summed E-state index contributed by atoms with van der Waals surface area (Å²) in [6.45, 7) is 3.74. The molecule has 66 valence electrons. The predicted molar refractivity (Wildman–Crippen MR) is 44.7 cm³/mol. The highest BCUT2D eigenvalue weighted by Crippen LogP contribution is 2.27. The van der Waals surface area contributed by atoms with Gasteiger partial charge in [-0.05, 0) is 24.8 Å². The number of carboxylic acid groups (broad SMARTS) is 1. The van der Waals surface area contributed by atoms with Crippen LogP contribution in [0.3, 0.4) is 0 Å². The first-order valence-electron chi connectivity index (χ1n) is 3.89. The number of carbonyl (C=O) groups is 1. The second kappa shape index (κ2) is 3.54. The van der Waals surface area contributed by atoms with Gasteiger partial charge >= 0.3 is 5.97 Å². The molecule has 0 aromatic rings. The molecule has 1 aliphatic carbocycles. The zero-order valence-corrected chi connectivity index (χ0v) is 6.79. The molecule has 3 heteroatoms. The number of carboxylic acids is 1. The van der Waals surface area contributed by atoms with Crippen LogP contribution in [0.5, 0.6) is 0 Å². The number of hydrogen-bond acceptors (Lipinski definition) is 2. The number of aliphatic hydroxyl groups is 1. The van der Waals surface area contributed by atoms with Crippen LogP contribution < -0.4 is 0 Å². The summed E-state index contributed by atoms with van der Waals surface area (Å²) in [5.41, 5.74) is 1.50. The highest BCUT2D eigenvalue weighted by atomic mass is 16.4. The summed E-state index contributed by atoms with van der Waals surface area (Å²) in [5, 5.41) is 17.7. The Morgan fingerprint density at radius 2 is 2.33 bits per heavy atom. The summed E-state index contributed by atoms with van der Waals surface area (Å²) in [6, 6.07) is 0. The minimum absolute atomic E-state index is 0.402. The van der Waals surface area contributed by atoms with Gasteiger partial charge in [-0.1, -0.05) is 12.2 Å². The molecule has 12 heavy (non-hydrogen) atoms. The SMILES string of the molecule is C=C1CCC(O)C/C1=C/C(=O)O. The van der Waals surface area contributed by atoms with Crippen molar-refractivity contribution in [3.05, 3.63) is 23.8 Å². The van der Waals surface area contributed by atoms with Crippen molar-refractivity contribution in [2.24, 2.45) is 0 Å². The van der Waals surface area contributed by atoms with Gasteiger partial charge in [0.15, 0.2) is 0 Å². The van der Waals surface area contributed by atoms with E-state index in [9.17, 15) is 9.90 Å². The van der Waals surface area contributed by atoms with Crippen LogP contribution in [-0.4, -0.2) is 22.3 Å². The van der Waals surface area contributed by atoms with Gasteiger partial charge in [-0.3, -0.25) is 0 Å². The smallest absolute Gasteiger partial charge is 0.328 e. The lowest BCUT2D eigenvalue weighted by atomic mass is 9.88. The molecule has 1 unspecified atom stereocenters. The van der Waals surface area contributed by atoms with Crippen molar-refractivity contribution in [2.45, 2.75) is 25.4 Å². The maximum atomic E-state index is 10.3. The Bertz CT molecular complexity index is 240. The molecule has 0 heterocycles. The van der Waals surface area contributed by atoms with E-state index < -0.39 is 12.1 Å². The second-order valence-electron chi connectivity index (χ2n) is 3.01. The summed E-state index contributed by atoms with van der Waals surface area (Å²) in [4.78, 5) is 10.3. The van der Waals surface area contributed by atoms with E-state index in [1.807, 2.05) is 0 Å². The molecule has 2 N–H and O–H groups in total. The van der Waals surface area contributed by atoms with Gasteiger partial charge in [-0.25, -0.2) is 4.79 Å². The topological polar surface area (TPSA) is 57.5 Å². The summed E-state index contributed by atoms with van der Waals surface area (Å²) in [6.07, 6.45) is 2.53. The number of allylic oxidation sites excluding steroid dienone is 1. The van der Waals surface area contributed by atoms with E-state index in [1.54, 1.807) is 0 Å². The molecule has 1 fully saturated rings. The van der Waals surface area contributed by atoms with Crippen LogP contribution in [0.2, 0.25) is 0 Å². The van der Waals surface area contributed by atoms with Crippen molar-refractivity contribution in [3.63, 3.8) is 0 Å². The fourth-order valence-electron chi connectivity index (χ4n) is 1.31. The molecule has 1 rings (SSSR count). The third-order valence-corrected chi connectivity index (χ3v) is 1.99. The molecule has 0 spiro atoms. The molecule has 0 radical (unpaired) electrons. The van der Waals surface area contributed by atoms with E-state index in [2.05, 4.69) is 6.58 Å². The quantitative estimate of drug-likeness (QED) is 0.576. The van der Waals surface area contributed by atoms with E-state index in [-0.39, 0.29) is 0 Å². The average molecular weight is 168 g/mol. The Morgan fingerprint density at radius 1 is 1.67 bits per heavy atom. The molecule has 1 aliphatic rings. The van der Waals surface area contributed by atoms with Gasteiger partial charge in [0.25, 0.3) is 0 Å². The first-order chi connectivity index (χ1) is 5.59. The molecule has 0 bridgehead atoms. The lowest BCUT2D eigenvalue weighted by molar-refractivity contribution is -0.131. The van der Waals surface area contributed by atoms with Crippen LogP contribution in [0.4, 0.5) is 0 Å². The van der Waals surface area contributed by atoms with Crippen LogP contribution in [-0.2, 0) is 4.79 Å². The van der Waals surface area contributed by atoms with E-state index in [0.717, 1.165) is 11.6 Å². The van der Waals surface area contributed by atoms with Crippen molar-refractivity contribution in [1.82, 2.24) is 0 Å².